The van der Waals surface area contributed by atoms with E-state index >= 15 is 0 Å². The molecular formula is C13H21N3O3. The summed E-state index contributed by atoms with van der Waals surface area (Å²) in [5.41, 5.74) is 0. The molecule has 106 valence electrons. The van der Waals surface area contributed by atoms with Crippen molar-refractivity contribution in [1.29, 1.82) is 0 Å². The lowest BCUT2D eigenvalue weighted by atomic mass is 9.98. The van der Waals surface area contributed by atoms with Crippen LogP contribution in [-0.2, 0) is 22.4 Å². The SMILES string of the molecule is CCc1noc(CCNC(=O)C[C@H]2CCCOC2)n1. The molecule has 0 aromatic carbocycles. The van der Waals surface area contributed by atoms with Gasteiger partial charge in [0.15, 0.2) is 5.82 Å². The minimum absolute atomic E-state index is 0.0748. The van der Waals surface area contributed by atoms with Gasteiger partial charge in [0.2, 0.25) is 11.8 Å². The van der Waals surface area contributed by atoms with E-state index in [0.29, 0.717) is 43.6 Å². The predicted molar refractivity (Wildman–Crippen MR) is 68.5 cm³/mol. The van der Waals surface area contributed by atoms with Crippen molar-refractivity contribution in [3.05, 3.63) is 11.7 Å². The normalized spacial score (nSPS) is 19.3. The largest absolute Gasteiger partial charge is 0.381 e. The maximum absolute atomic E-state index is 11.7. The Labute approximate surface area is 112 Å². The van der Waals surface area contributed by atoms with Gasteiger partial charge in [-0.3, -0.25) is 4.79 Å². The molecule has 1 saturated heterocycles. The molecule has 1 amide bonds. The molecule has 0 radical (unpaired) electrons. The first-order valence-electron chi connectivity index (χ1n) is 6.94. The van der Waals surface area contributed by atoms with Gasteiger partial charge in [-0.2, -0.15) is 4.98 Å². The first kappa shape index (κ1) is 14.0. The fraction of sp³-hybridized carbons (Fsp3) is 0.769. The maximum atomic E-state index is 11.7. The quantitative estimate of drug-likeness (QED) is 0.835. The Hall–Kier alpha value is -1.43. The standard InChI is InChI=1S/C13H21N3O3/c1-2-11-15-13(19-16-11)5-6-14-12(17)8-10-4-3-7-18-9-10/h10H,2-9H2,1H3,(H,14,17)/t10-/m1/s1. The van der Waals surface area contributed by atoms with Crippen LogP contribution in [0.2, 0.25) is 0 Å². The van der Waals surface area contributed by atoms with Crippen molar-refractivity contribution in [2.45, 2.75) is 39.0 Å². The van der Waals surface area contributed by atoms with Gasteiger partial charge in [-0.05, 0) is 18.8 Å². The van der Waals surface area contributed by atoms with Crippen LogP contribution in [0.15, 0.2) is 4.52 Å². The number of aryl methyl sites for hydroxylation is 1. The number of nitrogens with one attached hydrogen (secondary N) is 1. The van der Waals surface area contributed by atoms with Crippen molar-refractivity contribution < 1.29 is 14.1 Å². The minimum atomic E-state index is 0.0748. The van der Waals surface area contributed by atoms with Crippen LogP contribution in [0.1, 0.15) is 37.9 Å². The smallest absolute Gasteiger partial charge is 0.228 e. The molecule has 1 atom stereocenters. The molecule has 19 heavy (non-hydrogen) atoms. The van der Waals surface area contributed by atoms with E-state index in [9.17, 15) is 4.79 Å². The lowest BCUT2D eigenvalue weighted by Gasteiger charge is -2.21. The van der Waals surface area contributed by atoms with Gasteiger partial charge in [0.1, 0.15) is 0 Å². The van der Waals surface area contributed by atoms with Gasteiger partial charge in [0.05, 0.1) is 0 Å². The molecule has 1 aliphatic heterocycles. The molecule has 1 aliphatic rings. The lowest BCUT2D eigenvalue weighted by Crippen LogP contribution is -2.30. The third-order valence-corrected chi connectivity index (χ3v) is 3.22. The number of nitrogens with zero attached hydrogens (tertiary/aromatic N) is 2. The average molecular weight is 267 g/mol. The number of hydrogen-bond acceptors (Lipinski definition) is 5. The minimum Gasteiger partial charge on any atom is -0.381 e. The summed E-state index contributed by atoms with van der Waals surface area (Å²) in [6.45, 7) is 4.05. The highest BCUT2D eigenvalue weighted by atomic mass is 16.5. The summed E-state index contributed by atoms with van der Waals surface area (Å²) < 4.78 is 10.4. The molecule has 1 aromatic rings. The molecule has 1 aromatic heterocycles. The lowest BCUT2D eigenvalue weighted by molar-refractivity contribution is -0.123. The number of carbonyl (C=O) groups is 1. The fourth-order valence-corrected chi connectivity index (χ4v) is 2.15. The summed E-state index contributed by atoms with van der Waals surface area (Å²) in [6, 6.07) is 0. The monoisotopic (exact) mass is 267 g/mol. The van der Waals surface area contributed by atoms with E-state index in [4.69, 9.17) is 9.26 Å². The third kappa shape index (κ3) is 4.63. The maximum Gasteiger partial charge on any atom is 0.228 e. The first-order chi connectivity index (χ1) is 9.28. The molecule has 1 N–H and O–H groups in total. The first-order valence-corrected chi connectivity index (χ1v) is 6.94. The molecule has 0 bridgehead atoms. The molecule has 0 saturated carbocycles. The number of aromatic nitrogens is 2. The molecule has 6 heteroatoms. The number of amides is 1. The highest BCUT2D eigenvalue weighted by Gasteiger charge is 2.17. The van der Waals surface area contributed by atoms with E-state index in [2.05, 4.69) is 15.5 Å². The second-order valence-electron chi connectivity index (χ2n) is 4.85. The van der Waals surface area contributed by atoms with Crippen molar-refractivity contribution >= 4 is 5.91 Å². The van der Waals surface area contributed by atoms with Crippen LogP contribution in [0.25, 0.3) is 0 Å². The fourth-order valence-electron chi connectivity index (χ4n) is 2.15. The van der Waals surface area contributed by atoms with E-state index in [0.717, 1.165) is 25.9 Å². The van der Waals surface area contributed by atoms with E-state index < -0.39 is 0 Å². The van der Waals surface area contributed by atoms with Gasteiger partial charge in [-0.1, -0.05) is 12.1 Å². The second kappa shape index (κ2) is 7.23. The predicted octanol–water partition coefficient (Wildman–Crippen LogP) is 1.11. The zero-order valence-electron chi connectivity index (χ0n) is 11.4. The van der Waals surface area contributed by atoms with Crippen LogP contribution in [0.3, 0.4) is 0 Å². The number of carbonyl (C=O) groups excluding carboxylic acids is 1. The van der Waals surface area contributed by atoms with Crippen LogP contribution in [-0.4, -0.2) is 35.8 Å². The van der Waals surface area contributed by atoms with Gasteiger partial charge < -0.3 is 14.6 Å². The Morgan fingerprint density at radius 1 is 1.53 bits per heavy atom. The Morgan fingerprint density at radius 3 is 3.11 bits per heavy atom. The molecule has 6 nitrogen and oxygen atoms in total. The average Bonchev–Trinajstić information content (AvgIpc) is 2.88. The van der Waals surface area contributed by atoms with E-state index in [1.807, 2.05) is 6.92 Å². The Kier molecular flexibility index (Phi) is 5.32. The second-order valence-corrected chi connectivity index (χ2v) is 4.85. The van der Waals surface area contributed by atoms with Gasteiger partial charge >= 0.3 is 0 Å². The highest BCUT2D eigenvalue weighted by Crippen LogP contribution is 2.16. The van der Waals surface area contributed by atoms with Crippen molar-refractivity contribution in [3.8, 4) is 0 Å². The molecule has 1 fully saturated rings. The van der Waals surface area contributed by atoms with Crippen molar-refractivity contribution in [2.75, 3.05) is 19.8 Å². The van der Waals surface area contributed by atoms with Crippen LogP contribution in [0.4, 0.5) is 0 Å². The summed E-state index contributed by atoms with van der Waals surface area (Å²) >= 11 is 0. The highest BCUT2D eigenvalue weighted by molar-refractivity contribution is 5.76. The molecule has 2 heterocycles. The van der Waals surface area contributed by atoms with Crippen molar-refractivity contribution in [2.24, 2.45) is 5.92 Å². The zero-order valence-corrected chi connectivity index (χ0v) is 11.4. The molecule has 2 rings (SSSR count). The summed E-state index contributed by atoms with van der Waals surface area (Å²) in [4.78, 5) is 15.9. The van der Waals surface area contributed by atoms with Crippen LogP contribution in [0.5, 0.6) is 0 Å². The van der Waals surface area contributed by atoms with Gasteiger partial charge in [0, 0.05) is 39.0 Å². The number of rotatable bonds is 6. The molecule has 0 unspecified atom stereocenters. The Bertz CT molecular complexity index is 400. The van der Waals surface area contributed by atoms with Crippen molar-refractivity contribution in [1.82, 2.24) is 15.5 Å². The van der Waals surface area contributed by atoms with Crippen LogP contribution >= 0.6 is 0 Å². The molecule has 0 aliphatic carbocycles. The van der Waals surface area contributed by atoms with Gasteiger partial charge in [-0.25, -0.2) is 0 Å². The van der Waals surface area contributed by atoms with Crippen molar-refractivity contribution in [3.63, 3.8) is 0 Å². The Morgan fingerprint density at radius 2 is 2.42 bits per heavy atom. The topological polar surface area (TPSA) is 77.2 Å². The number of ether oxygens (including phenoxy) is 1. The van der Waals surface area contributed by atoms with E-state index in [-0.39, 0.29) is 5.91 Å². The summed E-state index contributed by atoms with van der Waals surface area (Å²) in [5, 5.41) is 6.69. The van der Waals surface area contributed by atoms with Gasteiger partial charge in [-0.15, -0.1) is 0 Å². The molecule has 0 spiro atoms. The number of hydrogen-bond donors (Lipinski definition) is 1. The molecular weight excluding hydrogens is 246 g/mol. The van der Waals surface area contributed by atoms with E-state index in [1.54, 1.807) is 0 Å². The zero-order chi connectivity index (χ0) is 13.5. The van der Waals surface area contributed by atoms with Crippen LogP contribution < -0.4 is 5.32 Å². The third-order valence-electron chi connectivity index (χ3n) is 3.22. The summed E-state index contributed by atoms with van der Waals surface area (Å²) in [7, 11) is 0. The van der Waals surface area contributed by atoms with E-state index in [1.165, 1.54) is 0 Å². The summed E-state index contributed by atoms with van der Waals surface area (Å²) in [5.74, 6) is 1.73. The van der Waals surface area contributed by atoms with Crippen LogP contribution in [0, 0.1) is 5.92 Å². The van der Waals surface area contributed by atoms with Gasteiger partial charge in [0.25, 0.3) is 0 Å². The Balaban J connectivity index is 1.63. The summed E-state index contributed by atoms with van der Waals surface area (Å²) in [6.07, 6.45) is 4.03.